The van der Waals surface area contributed by atoms with Gasteiger partial charge in [0.2, 0.25) is 0 Å². The maximum atomic E-state index is 13.4. The lowest BCUT2D eigenvalue weighted by atomic mass is 10.1. The van der Waals surface area contributed by atoms with Crippen LogP contribution in [-0.2, 0) is 0 Å². The van der Waals surface area contributed by atoms with Crippen molar-refractivity contribution in [1.29, 1.82) is 0 Å². The Bertz CT molecular complexity index is 412. The number of halogens is 2. The van der Waals surface area contributed by atoms with Crippen molar-refractivity contribution in [3.63, 3.8) is 0 Å². The summed E-state index contributed by atoms with van der Waals surface area (Å²) in [6.07, 6.45) is 0.820. The zero-order valence-corrected chi connectivity index (χ0v) is 10.00. The van der Waals surface area contributed by atoms with Gasteiger partial charge in [0, 0.05) is 18.8 Å². The van der Waals surface area contributed by atoms with E-state index in [0.29, 0.717) is 5.69 Å². The third-order valence-electron chi connectivity index (χ3n) is 2.90. The fourth-order valence-electron chi connectivity index (χ4n) is 1.50. The minimum absolute atomic E-state index is 0.115. The van der Waals surface area contributed by atoms with E-state index in [0.717, 1.165) is 18.6 Å². The number of carboxylic acids is 1. The van der Waals surface area contributed by atoms with Crippen molar-refractivity contribution in [3.8, 4) is 0 Å². The van der Waals surface area contributed by atoms with Crippen LogP contribution in [-0.4, -0.2) is 24.2 Å². The fourth-order valence-corrected chi connectivity index (χ4v) is 1.50. The number of hydrogen-bond donors (Lipinski definition) is 1. The maximum absolute atomic E-state index is 13.4. The molecular weight excluding hydrogens is 228 g/mol. The summed E-state index contributed by atoms with van der Waals surface area (Å²) >= 11 is 0. The molecule has 0 amide bonds. The molecule has 1 atom stereocenters. The van der Waals surface area contributed by atoms with Crippen LogP contribution in [0.1, 0.15) is 30.6 Å². The number of rotatable bonds is 4. The largest absolute Gasteiger partial charge is 0.477 e. The van der Waals surface area contributed by atoms with Crippen molar-refractivity contribution in [1.82, 2.24) is 0 Å². The number of hydrogen-bond acceptors (Lipinski definition) is 2. The fraction of sp³-hybridized carbons (Fsp3) is 0.417. The number of nitrogens with zero attached hydrogens (tertiary/aromatic N) is 1. The van der Waals surface area contributed by atoms with E-state index >= 15 is 0 Å². The van der Waals surface area contributed by atoms with Gasteiger partial charge in [-0.25, -0.2) is 13.6 Å². The number of aromatic carboxylic acids is 1. The molecule has 1 rings (SSSR count). The van der Waals surface area contributed by atoms with E-state index in [1.54, 1.807) is 11.9 Å². The predicted molar refractivity (Wildman–Crippen MR) is 61.5 cm³/mol. The zero-order valence-electron chi connectivity index (χ0n) is 10.00. The van der Waals surface area contributed by atoms with E-state index in [2.05, 4.69) is 0 Å². The SMILES string of the molecule is CC[C@H](C)N(C)c1cc(F)c(C(=O)O)c(F)c1. The Morgan fingerprint density at radius 1 is 1.41 bits per heavy atom. The first-order valence-corrected chi connectivity index (χ1v) is 5.33. The minimum Gasteiger partial charge on any atom is -0.477 e. The number of carbonyl (C=O) groups is 1. The van der Waals surface area contributed by atoms with Crippen molar-refractivity contribution in [2.45, 2.75) is 26.3 Å². The molecule has 0 saturated heterocycles. The highest BCUT2D eigenvalue weighted by Crippen LogP contribution is 2.23. The maximum Gasteiger partial charge on any atom is 0.341 e. The van der Waals surface area contributed by atoms with E-state index in [-0.39, 0.29) is 6.04 Å². The molecule has 0 radical (unpaired) electrons. The molecule has 0 unspecified atom stereocenters. The molecule has 17 heavy (non-hydrogen) atoms. The van der Waals surface area contributed by atoms with Gasteiger partial charge in [-0.1, -0.05) is 6.92 Å². The van der Waals surface area contributed by atoms with E-state index in [1.165, 1.54) is 0 Å². The zero-order chi connectivity index (χ0) is 13.2. The van der Waals surface area contributed by atoms with Crippen molar-refractivity contribution in [3.05, 3.63) is 29.3 Å². The van der Waals surface area contributed by atoms with Gasteiger partial charge in [0.15, 0.2) is 0 Å². The second kappa shape index (κ2) is 5.12. The topological polar surface area (TPSA) is 40.5 Å². The van der Waals surface area contributed by atoms with Crippen molar-refractivity contribution < 1.29 is 18.7 Å². The molecule has 1 aromatic carbocycles. The smallest absolute Gasteiger partial charge is 0.341 e. The monoisotopic (exact) mass is 243 g/mol. The van der Waals surface area contributed by atoms with Gasteiger partial charge >= 0.3 is 5.97 Å². The van der Waals surface area contributed by atoms with E-state index in [1.807, 2.05) is 13.8 Å². The first kappa shape index (κ1) is 13.4. The van der Waals surface area contributed by atoms with Crippen molar-refractivity contribution >= 4 is 11.7 Å². The highest BCUT2D eigenvalue weighted by molar-refractivity contribution is 5.88. The first-order chi connectivity index (χ1) is 7.88. The standard InChI is InChI=1S/C12H15F2NO2/c1-4-7(2)15(3)8-5-9(13)11(12(16)17)10(14)6-8/h5-7H,4H2,1-3H3,(H,16,17)/t7-/m0/s1. The highest BCUT2D eigenvalue weighted by atomic mass is 19.1. The summed E-state index contributed by atoms with van der Waals surface area (Å²) in [4.78, 5) is 12.3. The molecule has 0 fully saturated rings. The second-order valence-electron chi connectivity index (χ2n) is 3.96. The van der Waals surface area contributed by atoms with Gasteiger partial charge in [-0.2, -0.15) is 0 Å². The predicted octanol–water partition coefficient (Wildman–Crippen LogP) is 2.90. The van der Waals surface area contributed by atoms with Crippen molar-refractivity contribution in [2.75, 3.05) is 11.9 Å². The molecule has 0 aliphatic carbocycles. The Labute approximate surface area is 98.7 Å². The summed E-state index contributed by atoms with van der Waals surface area (Å²) in [6, 6.07) is 2.20. The summed E-state index contributed by atoms with van der Waals surface area (Å²) < 4.78 is 26.9. The number of benzene rings is 1. The Morgan fingerprint density at radius 2 is 1.88 bits per heavy atom. The van der Waals surface area contributed by atoms with Crippen LogP contribution in [0.3, 0.4) is 0 Å². The summed E-state index contributed by atoms with van der Waals surface area (Å²) in [6.45, 7) is 3.88. The van der Waals surface area contributed by atoms with Gasteiger partial charge < -0.3 is 10.0 Å². The molecule has 0 aliphatic heterocycles. The Hall–Kier alpha value is -1.65. The van der Waals surface area contributed by atoms with Crippen LogP contribution in [0.15, 0.2) is 12.1 Å². The molecular formula is C12H15F2NO2. The molecule has 1 N–H and O–H groups in total. The lowest BCUT2D eigenvalue weighted by molar-refractivity contribution is 0.0686. The van der Waals surface area contributed by atoms with Gasteiger partial charge in [0.05, 0.1) is 0 Å². The average Bonchev–Trinajstić information content (AvgIpc) is 2.25. The molecule has 1 aromatic rings. The molecule has 0 aromatic heterocycles. The summed E-state index contributed by atoms with van der Waals surface area (Å²) in [5.74, 6) is -3.71. The van der Waals surface area contributed by atoms with E-state index < -0.39 is 23.2 Å². The third-order valence-corrected chi connectivity index (χ3v) is 2.90. The van der Waals surface area contributed by atoms with E-state index in [4.69, 9.17) is 5.11 Å². The van der Waals surface area contributed by atoms with Gasteiger partial charge in [0.1, 0.15) is 17.2 Å². The van der Waals surface area contributed by atoms with Crippen LogP contribution < -0.4 is 4.90 Å². The van der Waals surface area contributed by atoms with Crippen LogP contribution >= 0.6 is 0 Å². The average molecular weight is 243 g/mol. The van der Waals surface area contributed by atoms with Gasteiger partial charge in [0.25, 0.3) is 0 Å². The second-order valence-corrected chi connectivity index (χ2v) is 3.96. The molecule has 0 saturated carbocycles. The molecule has 5 heteroatoms. The Balaban J connectivity index is 3.19. The quantitative estimate of drug-likeness (QED) is 0.883. The molecule has 0 bridgehead atoms. The minimum atomic E-state index is -1.60. The van der Waals surface area contributed by atoms with Crippen LogP contribution in [0.25, 0.3) is 0 Å². The summed E-state index contributed by atoms with van der Waals surface area (Å²) in [5.41, 5.74) is -0.578. The van der Waals surface area contributed by atoms with Gasteiger partial charge in [-0.05, 0) is 25.5 Å². The van der Waals surface area contributed by atoms with Gasteiger partial charge in [-0.3, -0.25) is 0 Å². The number of carboxylic acid groups (broad SMARTS) is 1. The highest BCUT2D eigenvalue weighted by Gasteiger charge is 2.19. The lowest BCUT2D eigenvalue weighted by Gasteiger charge is -2.26. The first-order valence-electron chi connectivity index (χ1n) is 5.33. The Morgan fingerprint density at radius 3 is 2.24 bits per heavy atom. The van der Waals surface area contributed by atoms with Crippen LogP contribution in [0.4, 0.5) is 14.5 Å². The molecule has 0 spiro atoms. The van der Waals surface area contributed by atoms with Crippen LogP contribution in [0.2, 0.25) is 0 Å². The van der Waals surface area contributed by atoms with Crippen molar-refractivity contribution in [2.24, 2.45) is 0 Å². The van der Waals surface area contributed by atoms with Gasteiger partial charge in [-0.15, -0.1) is 0 Å². The summed E-state index contributed by atoms with van der Waals surface area (Å²) in [7, 11) is 1.71. The number of anilines is 1. The molecule has 3 nitrogen and oxygen atoms in total. The van der Waals surface area contributed by atoms with Crippen LogP contribution in [0.5, 0.6) is 0 Å². The summed E-state index contributed by atoms with van der Waals surface area (Å²) in [5, 5.41) is 8.64. The van der Waals surface area contributed by atoms with E-state index in [9.17, 15) is 13.6 Å². The molecule has 0 aliphatic rings. The Kier molecular flexibility index (Phi) is 4.04. The third kappa shape index (κ3) is 2.72. The molecule has 0 heterocycles. The normalized spacial score (nSPS) is 12.3. The lowest BCUT2D eigenvalue weighted by Crippen LogP contribution is -2.28. The molecule has 94 valence electrons. The van der Waals surface area contributed by atoms with Crippen LogP contribution in [0, 0.1) is 11.6 Å².